The fourth-order valence-electron chi connectivity index (χ4n) is 2.04. The second-order valence-electron chi connectivity index (χ2n) is 5.15. The number of anilines is 1. The average Bonchev–Trinajstić information content (AvgIpc) is 2.89. The first-order chi connectivity index (χ1) is 11.3. The smallest absolute Gasteiger partial charge is 0.418 e. The first-order valence-corrected chi connectivity index (χ1v) is 7.15. The average molecular weight is 362 g/mol. The van der Waals surface area contributed by atoms with Crippen molar-refractivity contribution in [3.63, 3.8) is 0 Å². The van der Waals surface area contributed by atoms with E-state index in [1.54, 1.807) is 6.20 Å². The first-order valence-electron chi connectivity index (χ1n) is 6.77. The Morgan fingerprint density at radius 1 is 1.42 bits per heavy atom. The SMILES string of the molecule is Nc1cc(-n2ncc(C3CNC3)n2)cc(OC(=O)C(F)(F)F)c1Cl. The predicted octanol–water partition coefficient (Wildman–Crippen LogP) is 1.66. The number of esters is 1. The van der Waals surface area contributed by atoms with Gasteiger partial charge in [0, 0.05) is 25.1 Å². The lowest BCUT2D eigenvalue weighted by molar-refractivity contribution is -0.189. The zero-order chi connectivity index (χ0) is 17.5. The van der Waals surface area contributed by atoms with Crippen LogP contribution in [-0.2, 0) is 4.79 Å². The monoisotopic (exact) mass is 361 g/mol. The number of alkyl halides is 3. The Hall–Kier alpha value is -2.33. The van der Waals surface area contributed by atoms with Crippen LogP contribution in [0, 0.1) is 0 Å². The molecule has 0 unspecified atom stereocenters. The maximum Gasteiger partial charge on any atom is 0.491 e. The number of halogens is 4. The molecule has 2 aromatic rings. The fraction of sp³-hybridized carbons (Fsp3) is 0.308. The molecule has 3 rings (SSSR count). The topological polar surface area (TPSA) is 95.1 Å². The molecule has 1 aromatic carbocycles. The van der Waals surface area contributed by atoms with Crippen molar-refractivity contribution in [1.82, 2.24) is 20.3 Å². The van der Waals surface area contributed by atoms with E-state index >= 15 is 0 Å². The summed E-state index contributed by atoms with van der Waals surface area (Å²) in [5.41, 5.74) is 6.55. The van der Waals surface area contributed by atoms with Crippen molar-refractivity contribution >= 4 is 23.3 Å². The Balaban J connectivity index is 1.91. The lowest BCUT2D eigenvalue weighted by Crippen LogP contribution is -2.40. The van der Waals surface area contributed by atoms with Gasteiger partial charge in [-0.2, -0.15) is 28.2 Å². The number of hydrogen-bond acceptors (Lipinski definition) is 6. The summed E-state index contributed by atoms with van der Waals surface area (Å²) < 4.78 is 41.3. The molecule has 0 atom stereocenters. The highest BCUT2D eigenvalue weighted by atomic mass is 35.5. The van der Waals surface area contributed by atoms with Crippen molar-refractivity contribution < 1.29 is 22.7 Å². The highest BCUT2D eigenvalue weighted by molar-refractivity contribution is 6.34. The summed E-state index contributed by atoms with van der Waals surface area (Å²) in [5, 5.41) is 11.1. The van der Waals surface area contributed by atoms with Gasteiger partial charge in [0.2, 0.25) is 0 Å². The number of rotatable bonds is 3. The second kappa shape index (κ2) is 5.95. The van der Waals surface area contributed by atoms with Gasteiger partial charge in [0.25, 0.3) is 0 Å². The Morgan fingerprint density at radius 3 is 2.71 bits per heavy atom. The third-order valence-corrected chi connectivity index (χ3v) is 3.83. The summed E-state index contributed by atoms with van der Waals surface area (Å²) in [6.45, 7) is 1.55. The van der Waals surface area contributed by atoms with Gasteiger partial charge in [-0.1, -0.05) is 11.6 Å². The van der Waals surface area contributed by atoms with E-state index in [1.165, 1.54) is 10.9 Å². The number of aromatic nitrogens is 3. The zero-order valence-electron chi connectivity index (χ0n) is 12.0. The van der Waals surface area contributed by atoms with Gasteiger partial charge in [-0.25, -0.2) is 4.79 Å². The van der Waals surface area contributed by atoms with Crippen LogP contribution < -0.4 is 15.8 Å². The third kappa shape index (κ3) is 3.15. The van der Waals surface area contributed by atoms with Gasteiger partial charge in [0.1, 0.15) is 5.02 Å². The molecule has 0 amide bonds. The van der Waals surface area contributed by atoms with Crippen molar-refractivity contribution in [2.45, 2.75) is 12.1 Å². The first kappa shape index (κ1) is 16.5. The number of nitrogens with two attached hydrogens (primary N) is 1. The number of benzene rings is 1. The highest BCUT2D eigenvalue weighted by Crippen LogP contribution is 2.34. The summed E-state index contributed by atoms with van der Waals surface area (Å²) in [5.74, 6) is -2.68. The molecule has 0 saturated carbocycles. The second-order valence-corrected chi connectivity index (χ2v) is 5.53. The molecule has 0 radical (unpaired) electrons. The maximum atomic E-state index is 12.3. The van der Waals surface area contributed by atoms with E-state index in [-0.39, 0.29) is 22.3 Å². The third-order valence-electron chi connectivity index (χ3n) is 3.43. The zero-order valence-corrected chi connectivity index (χ0v) is 12.7. The van der Waals surface area contributed by atoms with Crippen molar-refractivity contribution in [2.24, 2.45) is 0 Å². The molecule has 7 nitrogen and oxygen atoms in total. The van der Waals surface area contributed by atoms with Crippen LogP contribution in [-0.4, -0.2) is 40.2 Å². The van der Waals surface area contributed by atoms with Crippen molar-refractivity contribution in [2.75, 3.05) is 18.8 Å². The lowest BCUT2D eigenvalue weighted by Gasteiger charge is -2.24. The molecule has 3 N–H and O–H groups in total. The van der Waals surface area contributed by atoms with Crippen LogP contribution in [0.25, 0.3) is 5.69 Å². The largest absolute Gasteiger partial charge is 0.491 e. The number of nitrogen functional groups attached to an aromatic ring is 1. The summed E-state index contributed by atoms with van der Waals surface area (Å²) in [6.07, 6.45) is -3.60. The maximum absolute atomic E-state index is 12.3. The van der Waals surface area contributed by atoms with Crippen molar-refractivity contribution in [3.8, 4) is 11.4 Å². The van der Waals surface area contributed by atoms with Crippen molar-refractivity contribution in [3.05, 3.63) is 29.0 Å². The summed E-state index contributed by atoms with van der Waals surface area (Å²) in [7, 11) is 0. The molecule has 0 bridgehead atoms. The minimum atomic E-state index is -5.15. The van der Waals surface area contributed by atoms with Gasteiger partial charge in [0.05, 0.1) is 23.3 Å². The number of ether oxygens (including phenoxy) is 1. The van der Waals surface area contributed by atoms with Gasteiger partial charge < -0.3 is 15.8 Å². The van der Waals surface area contributed by atoms with E-state index < -0.39 is 17.9 Å². The van der Waals surface area contributed by atoms with Crippen LogP contribution in [0.1, 0.15) is 11.6 Å². The van der Waals surface area contributed by atoms with Crippen LogP contribution in [0.4, 0.5) is 18.9 Å². The summed E-state index contributed by atoms with van der Waals surface area (Å²) >= 11 is 5.81. The van der Waals surface area contributed by atoms with E-state index in [2.05, 4.69) is 20.3 Å². The molecular weight excluding hydrogens is 351 g/mol. The van der Waals surface area contributed by atoms with Gasteiger partial charge in [-0.3, -0.25) is 0 Å². The van der Waals surface area contributed by atoms with Gasteiger partial charge in [-0.15, -0.1) is 0 Å². The number of nitrogens with zero attached hydrogens (tertiary/aromatic N) is 3. The molecule has 0 aliphatic carbocycles. The molecular formula is C13H11ClF3N5O2. The van der Waals surface area contributed by atoms with E-state index in [0.717, 1.165) is 24.8 Å². The van der Waals surface area contributed by atoms with E-state index in [0.29, 0.717) is 0 Å². The number of carbonyl (C=O) groups is 1. The van der Waals surface area contributed by atoms with Crippen LogP contribution in [0.3, 0.4) is 0 Å². The molecule has 11 heteroatoms. The van der Waals surface area contributed by atoms with Gasteiger partial charge in [-0.05, 0) is 6.07 Å². The molecule has 1 saturated heterocycles. The molecule has 0 spiro atoms. The molecule has 1 aliphatic rings. The molecule has 1 aromatic heterocycles. The molecule has 128 valence electrons. The van der Waals surface area contributed by atoms with E-state index in [4.69, 9.17) is 17.3 Å². The summed E-state index contributed by atoms with van der Waals surface area (Å²) in [6, 6.07) is 2.49. The quantitative estimate of drug-likeness (QED) is 0.490. The minimum absolute atomic E-state index is 0.0664. The van der Waals surface area contributed by atoms with Crippen LogP contribution in [0.5, 0.6) is 5.75 Å². The molecule has 24 heavy (non-hydrogen) atoms. The predicted molar refractivity (Wildman–Crippen MR) is 78.1 cm³/mol. The van der Waals surface area contributed by atoms with Crippen LogP contribution in [0.15, 0.2) is 18.3 Å². The van der Waals surface area contributed by atoms with Crippen molar-refractivity contribution in [1.29, 1.82) is 0 Å². The standard InChI is InChI=1S/C13H11ClF3N5O2/c14-11-8(18)1-7(2-10(11)24-12(23)13(15,16)17)22-20-5-9(21-22)6-3-19-4-6/h1-2,5-6,19H,3-4,18H2. The van der Waals surface area contributed by atoms with E-state index in [1.807, 2.05) is 0 Å². The van der Waals surface area contributed by atoms with Gasteiger partial charge >= 0.3 is 12.1 Å². The number of carbonyl (C=O) groups excluding carboxylic acids is 1. The number of nitrogens with one attached hydrogen (secondary N) is 1. The normalized spacial score (nSPS) is 15.2. The Labute approximate surface area is 138 Å². The van der Waals surface area contributed by atoms with E-state index in [9.17, 15) is 18.0 Å². The Bertz CT molecular complexity index is 788. The molecule has 1 aliphatic heterocycles. The van der Waals surface area contributed by atoms with Gasteiger partial charge in [0.15, 0.2) is 5.75 Å². The van der Waals surface area contributed by atoms with Crippen LogP contribution in [0.2, 0.25) is 5.02 Å². The highest BCUT2D eigenvalue weighted by Gasteiger charge is 2.41. The Morgan fingerprint density at radius 2 is 2.12 bits per heavy atom. The molecule has 1 fully saturated rings. The lowest BCUT2D eigenvalue weighted by atomic mass is 10.0. The molecule has 2 heterocycles. The minimum Gasteiger partial charge on any atom is -0.418 e. The summed E-state index contributed by atoms with van der Waals surface area (Å²) in [4.78, 5) is 12.2. The fourth-order valence-corrected chi connectivity index (χ4v) is 2.18. The Kier molecular flexibility index (Phi) is 4.10. The van der Waals surface area contributed by atoms with Crippen LogP contribution >= 0.6 is 11.6 Å². The number of hydrogen-bond donors (Lipinski definition) is 2.